The molecule has 1 N–H and O–H groups in total. The Morgan fingerprint density at radius 2 is 1.95 bits per heavy atom. The van der Waals surface area contributed by atoms with E-state index in [-0.39, 0.29) is 6.61 Å². The normalized spacial score (nSPS) is 11.6. The molecule has 4 nitrogen and oxygen atoms in total. The fraction of sp³-hybridized carbons (Fsp3) is 0.267. The van der Waals surface area contributed by atoms with Crippen LogP contribution in [0, 0.1) is 0 Å². The summed E-state index contributed by atoms with van der Waals surface area (Å²) in [5.41, 5.74) is 0.843. The molecule has 0 saturated heterocycles. The standard InChI is InChI=1S/C15H19NO3/c1-16(2)15(18)19-14(11-7-4-8-12-17)13-9-5-3-6-10-13/h3-6,8-11,17H,7,12H2,1-2H3/b8-4-,14-11-. The highest BCUT2D eigenvalue weighted by atomic mass is 16.6. The average molecular weight is 261 g/mol. The molecule has 19 heavy (non-hydrogen) atoms. The number of allylic oxidation sites excluding steroid dienone is 2. The van der Waals surface area contributed by atoms with Gasteiger partial charge in [-0.3, -0.25) is 0 Å². The third-order valence-corrected chi connectivity index (χ3v) is 2.33. The van der Waals surface area contributed by atoms with Crippen LogP contribution in [0.15, 0.2) is 48.6 Å². The largest absolute Gasteiger partial charge is 0.414 e. The molecule has 1 aromatic carbocycles. The van der Waals surface area contributed by atoms with E-state index in [1.807, 2.05) is 42.5 Å². The highest BCUT2D eigenvalue weighted by Gasteiger charge is 2.10. The summed E-state index contributed by atoms with van der Waals surface area (Å²) in [7, 11) is 3.27. The Balaban J connectivity index is 2.85. The number of ether oxygens (including phenoxy) is 1. The van der Waals surface area contributed by atoms with E-state index in [1.54, 1.807) is 20.2 Å². The maximum atomic E-state index is 11.6. The minimum absolute atomic E-state index is 0.00595. The molecule has 0 radical (unpaired) electrons. The van der Waals surface area contributed by atoms with Crippen molar-refractivity contribution in [3.8, 4) is 0 Å². The zero-order valence-corrected chi connectivity index (χ0v) is 11.2. The van der Waals surface area contributed by atoms with Crippen molar-refractivity contribution in [2.75, 3.05) is 20.7 Å². The lowest BCUT2D eigenvalue weighted by Crippen LogP contribution is -2.22. The van der Waals surface area contributed by atoms with Gasteiger partial charge in [0.05, 0.1) is 6.61 Å². The van der Waals surface area contributed by atoms with Crippen LogP contribution in [0.4, 0.5) is 4.79 Å². The molecule has 0 atom stereocenters. The van der Waals surface area contributed by atoms with Crippen LogP contribution in [0.2, 0.25) is 0 Å². The zero-order valence-electron chi connectivity index (χ0n) is 11.2. The fourth-order valence-corrected chi connectivity index (χ4v) is 1.35. The zero-order chi connectivity index (χ0) is 14.1. The number of rotatable bonds is 5. The quantitative estimate of drug-likeness (QED) is 0.655. The van der Waals surface area contributed by atoms with Gasteiger partial charge in [0.15, 0.2) is 0 Å². The summed E-state index contributed by atoms with van der Waals surface area (Å²) in [4.78, 5) is 13.0. The van der Waals surface area contributed by atoms with E-state index in [0.717, 1.165) is 5.56 Å². The van der Waals surface area contributed by atoms with Crippen molar-refractivity contribution < 1.29 is 14.6 Å². The number of carbonyl (C=O) groups is 1. The van der Waals surface area contributed by atoms with E-state index in [9.17, 15) is 4.79 Å². The van der Waals surface area contributed by atoms with Crippen LogP contribution < -0.4 is 0 Å². The number of amides is 1. The van der Waals surface area contributed by atoms with Gasteiger partial charge < -0.3 is 14.7 Å². The molecule has 0 aromatic heterocycles. The molecule has 0 aliphatic carbocycles. The van der Waals surface area contributed by atoms with Crippen LogP contribution in [0.5, 0.6) is 0 Å². The monoisotopic (exact) mass is 261 g/mol. The smallest absolute Gasteiger partial charge is 0.410 e. The van der Waals surface area contributed by atoms with E-state index < -0.39 is 6.09 Å². The molecule has 4 heteroatoms. The van der Waals surface area contributed by atoms with Gasteiger partial charge in [-0.25, -0.2) is 4.79 Å². The minimum atomic E-state index is -0.416. The third kappa shape index (κ3) is 5.40. The Bertz CT molecular complexity index is 450. The van der Waals surface area contributed by atoms with Gasteiger partial charge in [0.1, 0.15) is 5.76 Å². The molecule has 1 amide bonds. The summed E-state index contributed by atoms with van der Waals surface area (Å²) < 4.78 is 5.33. The number of aliphatic hydroxyl groups is 1. The van der Waals surface area contributed by atoms with Gasteiger partial charge in [0.2, 0.25) is 0 Å². The van der Waals surface area contributed by atoms with Gasteiger partial charge >= 0.3 is 6.09 Å². The van der Waals surface area contributed by atoms with Gasteiger partial charge in [-0.2, -0.15) is 0 Å². The molecule has 0 spiro atoms. The lowest BCUT2D eigenvalue weighted by molar-refractivity contribution is 0.162. The van der Waals surface area contributed by atoms with Crippen molar-refractivity contribution in [3.05, 3.63) is 54.1 Å². The number of carbonyl (C=O) groups excluding carboxylic acids is 1. The Hall–Kier alpha value is -2.07. The molecule has 0 heterocycles. The van der Waals surface area contributed by atoms with Crippen molar-refractivity contribution in [2.45, 2.75) is 6.42 Å². The first-order valence-corrected chi connectivity index (χ1v) is 6.05. The Morgan fingerprint density at radius 1 is 1.26 bits per heavy atom. The SMILES string of the molecule is CN(C)C(=O)O/C(=C\C/C=C\CO)c1ccccc1. The van der Waals surface area contributed by atoms with Crippen molar-refractivity contribution in [3.63, 3.8) is 0 Å². The predicted octanol–water partition coefficient (Wildman–Crippen LogP) is 2.66. The Morgan fingerprint density at radius 3 is 2.53 bits per heavy atom. The van der Waals surface area contributed by atoms with Crippen molar-refractivity contribution >= 4 is 11.9 Å². The van der Waals surface area contributed by atoms with Gasteiger partial charge in [-0.05, 0) is 12.5 Å². The molecule has 0 aliphatic rings. The van der Waals surface area contributed by atoms with Crippen LogP contribution in [0.3, 0.4) is 0 Å². The van der Waals surface area contributed by atoms with E-state index >= 15 is 0 Å². The molecule has 0 aliphatic heterocycles. The lowest BCUT2D eigenvalue weighted by Gasteiger charge is -2.13. The molecule has 0 fully saturated rings. The molecular formula is C15H19NO3. The average Bonchev–Trinajstić information content (AvgIpc) is 2.42. The van der Waals surface area contributed by atoms with Crippen LogP contribution in [-0.4, -0.2) is 36.8 Å². The Labute approximate surface area is 113 Å². The van der Waals surface area contributed by atoms with Gasteiger partial charge in [0.25, 0.3) is 0 Å². The predicted molar refractivity (Wildman–Crippen MR) is 75.4 cm³/mol. The van der Waals surface area contributed by atoms with Gasteiger partial charge in [0, 0.05) is 19.7 Å². The molecule has 0 unspecified atom stereocenters. The second-order valence-corrected chi connectivity index (χ2v) is 4.09. The topological polar surface area (TPSA) is 49.8 Å². The van der Waals surface area contributed by atoms with Gasteiger partial charge in [-0.15, -0.1) is 0 Å². The summed E-state index contributed by atoms with van der Waals surface area (Å²) in [5.74, 6) is 0.516. The molecule has 0 saturated carbocycles. The second-order valence-electron chi connectivity index (χ2n) is 4.09. The first-order chi connectivity index (χ1) is 9.15. The van der Waals surface area contributed by atoms with E-state index in [2.05, 4.69) is 0 Å². The van der Waals surface area contributed by atoms with Crippen LogP contribution in [0.1, 0.15) is 12.0 Å². The summed E-state index contributed by atoms with van der Waals surface area (Å²) >= 11 is 0. The maximum Gasteiger partial charge on any atom is 0.414 e. The number of hydrogen-bond donors (Lipinski definition) is 1. The summed E-state index contributed by atoms with van der Waals surface area (Å²) in [6, 6.07) is 9.43. The maximum absolute atomic E-state index is 11.6. The first kappa shape index (κ1) is 15.0. The first-order valence-electron chi connectivity index (χ1n) is 6.05. The highest BCUT2D eigenvalue weighted by molar-refractivity contribution is 5.76. The van der Waals surface area contributed by atoms with Crippen LogP contribution in [0.25, 0.3) is 5.76 Å². The Kier molecular flexibility index (Phi) is 6.39. The summed E-state index contributed by atoms with van der Waals surface area (Å²) in [6.45, 7) is 0.00595. The van der Waals surface area contributed by atoms with Crippen LogP contribution in [-0.2, 0) is 4.74 Å². The number of aliphatic hydroxyl groups excluding tert-OH is 1. The van der Waals surface area contributed by atoms with E-state index in [0.29, 0.717) is 12.2 Å². The molecule has 0 bridgehead atoms. The summed E-state index contributed by atoms with van der Waals surface area (Å²) in [5, 5.41) is 8.67. The second kappa shape index (κ2) is 8.11. The van der Waals surface area contributed by atoms with Crippen molar-refractivity contribution in [1.29, 1.82) is 0 Å². The number of hydrogen-bond acceptors (Lipinski definition) is 3. The van der Waals surface area contributed by atoms with Crippen molar-refractivity contribution in [2.24, 2.45) is 0 Å². The van der Waals surface area contributed by atoms with Crippen molar-refractivity contribution in [1.82, 2.24) is 4.90 Å². The summed E-state index contributed by atoms with van der Waals surface area (Å²) in [6.07, 6.45) is 5.44. The minimum Gasteiger partial charge on any atom is -0.410 e. The lowest BCUT2D eigenvalue weighted by atomic mass is 10.1. The number of benzene rings is 1. The highest BCUT2D eigenvalue weighted by Crippen LogP contribution is 2.17. The molecule has 1 aromatic rings. The fourth-order valence-electron chi connectivity index (χ4n) is 1.35. The van der Waals surface area contributed by atoms with E-state index in [1.165, 1.54) is 4.90 Å². The number of nitrogens with zero attached hydrogens (tertiary/aromatic N) is 1. The van der Waals surface area contributed by atoms with E-state index in [4.69, 9.17) is 9.84 Å². The third-order valence-electron chi connectivity index (χ3n) is 2.33. The molecular weight excluding hydrogens is 242 g/mol. The molecule has 102 valence electrons. The molecule has 1 rings (SSSR count). The van der Waals surface area contributed by atoms with Gasteiger partial charge in [-0.1, -0.05) is 42.5 Å². The van der Waals surface area contributed by atoms with Crippen LogP contribution >= 0.6 is 0 Å².